The maximum absolute atomic E-state index is 13.7. The first kappa shape index (κ1) is 25.6. The van der Waals surface area contributed by atoms with Crippen molar-refractivity contribution in [3.8, 4) is 0 Å². The number of amides is 1. The summed E-state index contributed by atoms with van der Waals surface area (Å²) in [5.41, 5.74) is 1.31. The highest BCUT2D eigenvalue weighted by Crippen LogP contribution is 2.32. The van der Waals surface area contributed by atoms with Crippen LogP contribution in [0.1, 0.15) is 23.2 Å². The van der Waals surface area contributed by atoms with Crippen molar-refractivity contribution in [1.82, 2.24) is 14.2 Å². The fourth-order valence-corrected chi connectivity index (χ4v) is 7.55. The lowest BCUT2D eigenvalue weighted by Gasteiger charge is -2.29. The number of rotatable bonds is 8. The first-order valence-electron chi connectivity index (χ1n) is 12.1. The van der Waals surface area contributed by atoms with Gasteiger partial charge in [0.25, 0.3) is 5.91 Å². The van der Waals surface area contributed by atoms with Gasteiger partial charge in [-0.15, -0.1) is 11.8 Å². The third kappa shape index (κ3) is 5.46. The molecule has 11 heteroatoms. The molecule has 8 nitrogen and oxygen atoms in total. The fraction of sp³-hybridized carbons (Fsp3) is 0.440. The summed E-state index contributed by atoms with van der Waals surface area (Å²) in [7, 11) is -3.52. The van der Waals surface area contributed by atoms with Gasteiger partial charge in [0.05, 0.1) is 28.3 Å². The summed E-state index contributed by atoms with van der Waals surface area (Å²) < 4.78 is 33.8. The number of thiazole rings is 1. The maximum atomic E-state index is 13.7. The van der Waals surface area contributed by atoms with Crippen molar-refractivity contribution < 1.29 is 17.9 Å². The Kier molecular flexibility index (Phi) is 7.94. The number of aromatic nitrogens is 1. The van der Waals surface area contributed by atoms with Crippen LogP contribution in [0, 0.1) is 0 Å². The minimum absolute atomic E-state index is 0.183. The number of morpholine rings is 1. The van der Waals surface area contributed by atoms with Crippen LogP contribution in [0.3, 0.4) is 0 Å². The van der Waals surface area contributed by atoms with Crippen molar-refractivity contribution in [1.29, 1.82) is 0 Å². The van der Waals surface area contributed by atoms with Crippen LogP contribution >= 0.6 is 23.1 Å². The standard InChI is InChI=1S/C25H30N4O4S3/c1-34-20-6-9-22-23(18-20)35-25(26-22)29(13-12-27-14-16-33-17-15-27)24(30)19-4-7-21(8-5-19)36(31,32)28-10-2-3-11-28/h4-9,18H,2-3,10-17H2,1H3. The predicted molar refractivity (Wildman–Crippen MR) is 145 cm³/mol. The number of carbonyl (C=O) groups is 1. The second-order valence-corrected chi connectivity index (χ2v) is 12.7. The van der Waals surface area contributed by atoms with E-state index >= 15 is 0 Å². The van der Waals surface area contributed by atoms with Crippen molar-refractivity contribution in [2.45, 2.75) is 22.6 Å². The average molecular weight is 547 g/mol. The zero-order valence-corrected chi connectivity index (χ0v) is 22.7. The number of carbonyl (C=O) groups excluding carboxylic acids is 1. The van der Waals surface area contributed by atoms with Crippen LogP contribution in [0.25, 0.3) is 10.2 Å². The molecule has 2 saturated heterocycles. The summed E-state index contributed by atoms with van der Waals surface area (Å²) in [6.07, 6.45) is 3.80. The molecule has 0 N–H and O–H groups in total. The van der Waals surface area contributed by atoms with Crippen LogP contribution in [0.4, 0.5) is 5.13 Å². The lowest BCUT2D eigenvalue weighted by Crippen LogP contribution is -2.43. The van der Waals surface area contributed by atoms with E-state index in [0.717, 1.165) is 41.0 Å². The molecular formula is C25H30N4O4S3. The molecule has 2 aliphatic rings. The minimum Gasteiger partial charge on any atom is -0.379 e. The van der Waals surface area contributed by atoms with Gasteiger partial charge in [-0.3, -0.25) is 14.6 Å². The Labute approximate surface area is 220 Å². The summed E-state index contributed by atoms with van der Waals surface area (Å²) in [6, 6.07) is 12.5. The van der Waals surface area contributed by atoms with Crippen molar-refractivity contribution in [3.63, 3.8) is 0 Å². The Morgan fingerprint density at radius 2 is 1.81 bits per heavy atom. The zero-order valence-electron chi connectivity index (χ0n) is 20.3. The zero-order chi connectivity index (χ0) is 25.1. The van der Waals surface area contributed by atoms with E-state index in [2.05, 4.69) is 11.0 Å². The molecule has 0 aliphatic carbocycles. The number of nitrogens with zero attached hydrogens (tertiary/aromatic N) is 4. The smallest absolute Gasteiger partial charge is 0.260 e. The Morgan fingerprint density at radius 3 is 2.50 bits per heavy atom. The number of hydrogen-bond donors (Lipinski definition) is 0. The summed E-state index contributed by atoms with van der Waals surface area (Å²) in [4.78, 5) is 23.9. The molecule has 0 saturated carbocycles. The van der Waals surface area contributed by atoms with Crippen molar-refractivity contribution >= 4 is 54.4 Å². The number of anilines is 1. The molecular weight excluding hydrogens is 517 g/mol. The molecule has 5 rings (SSSR count). The summed E-state index contributed by atoms with van der Waals surface area (Å²) in [5.74, 6) is -0.183. The average Bonchev–Trinajstić information content (AvgIpc) is 3.60. The second-order valence-electron chi connectivity index (χ2n) is 8.88. The van der Waals surface area contributed by atoms with Crippen LogP contribution in [-0.4, -0.2) is 87.3 Å². The number of sulfonamides is 1. The highest BCUT2D eigenvalue weighted by Gasteiger charge is 2.28. The van der Waals surface area contributed by atoms with Gasteiger partial charge in [0.2, 0.25) is 10.0 Å². The summed E-state index contributed by atoms with van der Waals surface area (Å²) in [5, 5.41) is 0.648. The van der Waals surface area contributed by atoms with E-state index in [1.54, 1.807) is 40.9 Å². The molecule has 0 atom stereocenters. The van der Waals surface area contributed by atoms with Gasteiger partial charge in [-0.25, -0.2) is 13.4 Å². The Hall–Kier alpha value is -2.02. The van der Waals surface area contributed by atoms with Crippen LogP contribution < -0.4 is 4.90 Å². The van der Waals surface area contributed by atoms with Crippen LogP contribution in [0.5, 0.6) is 0 Å². The highest BCUT2D eigenvalue weighted by molar-refractivity contribution is 7.98. The van der Waals surface area contributed by atoms with E-state index < -0.39 is 10.0 Å². The molecule has 0 spiro atoms. The van der Waals surface area contributed by atoms with Gasteiger partial charge in [0.15, 0.2) is 5.13 Å². The van der Waals surface area contributed by atoms with E-state index in [1.165, 1.54) is 15.6 Å². The number of hydrogen-bond acceptors (Lipinski definition) is 8. The Morgan fingerprint density at radius 1 is 1.08 bits per heavy atom. The molecule has 36 heavy (non-hydrogen) atoms. The van der Waals surface area contributed by atoms with E-state index in [4.69, 9.17) is 9.72 Å². The molecule has 0 radical (unpaired) electrons. The molecule has 0 bridgehead atoms. The molecule has 2 aliphatic heterocycles. The van der Waals surface area contributed by atoms with Gasteiger partial charge in [-0.1, -0.05) is 11.3 Å². The first-order chi connectivity index (χ1) is 17.5. The van der Waals surface area contributed by atoms with Crippen LogP contribution in [-0.2, 0) is 14.8 Å². The van der Waals surface area contributed by atoms with Crippen molar-refractivity contribution in [2.75, 3.05) is 63.6 Å². The van der Waals surface area contributed by atoms with Crippen molar-refractivity contribution in [3.05, 3.63) is 48.0 Å². The number of thioether (sulfide) groups is 1. The molecule has 2 aromatic carbocycles. The lowest BCUT2D eigenvalue weighted by atomic mass is 10.2. The van der Waals surface area contributed by atoms with Crippen LogP contribution in [0.15, 0.2) is 52.3 Å². The molecule has 2 fully saturated rings. The highest BCUT2D eigenvalue weighted by atomic mass is 32.2. The van der Waals surface area contributed by atoms with Crippen LogP contribution in [0.2, 0.25) is 0 Å². The first-order valence-corrected chi connectivity index (χ1v) is 15.6. The Bertz CT molecular complexity index is 1310. The SMILES string of the molecule is CSc1ccc2nc(N(CCN3CCOCC3)C(=O)c3ccc(S(=O)(=O)N4CCCC4)cc3)sc2c1. The topological polar surface area (TPSA) is 83.0 Å². The molecule has 3 heterocycles. The quantitative estimate of drug-likeness (QED) is 0.398. The summed E-state index contributed by atoms with van der Waals surface area (Å²) >= 11 is 3.18. The molecule has 1 amide bonds. The van der Waals surface area contributed by atoms with Gasteiger partial charge >= 0.3 is 0 Å². The molecule has 192 valence electrons. The number of ether oxygens (including phenoxy) is 1. The van der Waals surface area contributed by atoms with E-state index in [9.17, 15) is 13.2 Å². The third-order valence-corrected chi connectivity index (χ3v) is 10.3. The van der Waals surface area contributed by atoms with Gasteiger partial charge in [0.1, 0.15) is 0 Å². The van der Waals surface area contributed by atoms with E-state index in [-0.39, 0.29) is 10.8 Å². The monoisotopic (exact) mass is 546 g/mol. The fourth-order valence-electron chi connectivity index (χ4n) is 4.49. The number of fused-ring (bicyclic) bond motifs is 1. The minimum atomic E-state index is -3.52. The molecule has 0 unspecified atom stereocenters. The van der Waals surface area contributed by atoms with Gasteiger partial charge in [0, 0.05) is 49.7 Å². The van der Waals surface area contributed by atoms with E-state index in [1.807, 2.05) is 18.4 Å². The van der Waals surface area contributed by atoms with Crippen molar-refractivity contribution in [2.24, 2.45) is 0 Å². The second kappa shape index (κ2) is 11.2. The van der Waals surface area contributed by atoms with E-state index in [0.29, 0.717) is 50.1 Å². The summed E-state index contributed by atoms with van der Waals surface area (Å²) in [6.45, 7) is 5.36. The van der Waals surface area contributed by atoms with Gasteiger partial charge in [-0.05, 0) is 61.6 Å². The lowest BCUT2D eigenvalue weighted by molar-refractivity contribution is 0.0391. The number of benzene rings is 2. The van der Waals surface area contributed by atoms with Gasteiger partial charge in [-0.2, -0.15) is 4.31 Å². The normalized spacial score (nSPS) is 17.6. The van der Waals surface area contributed by atoms with Gasteiger partial charge < -0.3 is 4.74 Å². The Balaban J connectivity index is 1.41. The molecule has 3 aromatic rings. The largest absolute Gasteiger partial charge is 0.379 e. The predicted octanol–water partition coefficient (Wildman–Crippen LogP) is 3.78. The molecule has 1 aromatic heterocycles. The maximum Gasteiger partial charge on any atom is 0.260 e. The third-order valence-electron chi connectivity index (χ3n) is 6.61.